The van der Waals surface area contributed by atoms with Gasteiger partial charge in [-0.1, -0.05) is 12.8 Å². The lowest BCUT2D eigenvalue weighted by molar-refractivity contribution is 0.0914. The van der Waals surface area contributed by atoms with E-state index in [-0.39, 0.29) is 18.2 Å². The summed E-state index contributed by atoms with van der Waals surface area (Å²) in [6, 6.07) is 0.121. The minimum Gasteiger partial charge on any atom is -0.392 e. The van der Waals surface area contributed by atoms with Gasteiger partial charge < -0.3 is 20.6 Å². The zero-order valence-electron chi connectivity index (χ0n) is 10.2. The molecule has 0 radical (unpaired) electrons. The van der Waals surface area contributed by atoms with Gasteiger partial charge in [0, 0.05) is 33.2 Å². The molecule has 0 saturated heterocycles. The summed E-state index contributed by atoms with van der Waals surface area (Å²) in [7, 11) is 3.43. The van der Waals surface area contributed by atoms with E-state index in [4.69, 9.17) is 0 Å². The molecule has 0 aliphatic heterocycles. The molecule has 94 valence electrons. The van der Waals surface area contributed by atoms with Crippen LogP contribution in [-0.2, 0) is 0 Å². The van der Waals surface area contributed by atoms with Gasteiger partial charge in [0.25, 0.3) is 0 Å². The van der Waals surface area contributed by atoms with E-state index in [1.54, 1.807) is 14.1 Å². The molecular formula is C11H23N3O2. The van der Waals surface area contributed by atoms with Crippen LogP contribution in [0, 0.1) is 0 Å². The predicted octanol–water partition coefficient (Wildman–Crippen LogP) is 0.151. The van der Waals surface area contributed by atoms with Gasteiger partial charge >= 0.3 is 6.03 Å². The van der Waals surface area contributed by atoms with Crippen LogP contribution in [0.15, 0.2) is 0 Å². The van der Waals surface area contributed by atoms with Crippen LogP contribution in [0.5, 0.6) is 0 Å². The highest BCUT2D eigenvalue weighted by Gasteiger charge is 2.21. The zero-order valence-corrected chi connectivity index (χ0v) is 10.2. The highest BCUT2D eigenvalue weighted by Crippen LogP contribution is 2.17. The normalized spacial score (nSPS) is 25.2. The van der Waals surface area contributed by atoms with Gasteiger partial charge in [-0.3, -0.25) is 0 Å². The smallest absolute Gasteiger partial charge is 0.316 e. The molecule has 0 aromatic rings. The third-order valence-electron chi connectivity index (χ3n) is 2.94. The number of amides is 2. The Hall–Kier alpha value is -0.810. The first-order valence-corrected chi connectivity index (χ1v) is 5.98. The Morgan fingerprint density at radius 3 is 2.62 bits per heavy atom. The number of urea groups is 1. The topological polar surface area (TPSA) is 64.6 Å². The number of nitrogens with zero attached hydrogens (tertiary/aromatic N) is 1. The number of hydrogen-bond donors (Lipinski definition) is 3. The largest absolute Gasteiger partial charge is 0.392 e. The van der Waals surface area contributed by atoms with Crippen LogP contribution in [0.3, 0.4) is 0 Å². The number of aliphatic hydroxyl groups is 1. The lowest BCUT2D eigenvalue weighted by atomic mass is 9.93. The maximum atomic E-state index is 11.2. The summed E-state index contributed by atoms with van der Waals surface area (Å²) in [5, 5.41) is 15.8. The van der Waals surface area contributed by atoms with Gasteiger partial charge in [-0.2, -0.15) is 0 Å². The molecule has 1 saturated carbocycles. The van der Waals surface area contributed by atoms with Crippen molar-refractivity contribution >= 4 is 6.03 Å². The van der Waals surface area contributed by atoms with Gasteiger partial charge in [0.05, 0.1) is 6.10 Å². The number of rotatable bonds is 4. The second-order valence-electron chi connectivity index (χ2n) is 4.54. The van der Waals surface area contributed by atoms with Crippen LogP contribution >= 0.6 is 0 Å². The summed E-state index contributed by atoms with van der Waals surface area (Å²) in [4.78, 5) is 12.7. The van der Waals surface area contributed by atoms with E-state index in [1.807, 2.05) is 0 Å². The Morgan fingerprint density at radius 1 is 1.31 bits per heavy atom. The maximum absolute atomic E-state index is 11.2. The minimum atomic E-state index is -0.224. The van der Waals surface area contributed by atoms with Crippen molar-refractivity contribution in [2.24, 2.45) is 0 Å². The molecule has 1 aliphatic carbocycles. The van der Waals surface area contributed by atoms with E-state index in [2.05, 4.69) is 10.6 Å². The second kappa shape index (κ2) is 6.70. The predicted molar refractivity (Wildman–Crippen MR) is 63.4 cm³/mol. The average molecular weight is 229 g/mol. The van der Waals surface area contributed by atoms with E-state index in [9.17, 15) is 9.90 Å². The van der Waals surface area contributed by atoms with Gasteiger partial charge in [0.15, 0.2) is 0 Å². The minimum absolute atomic E-state index is 0.0778. The number of nitrogens with one attached hydrogen (secondary N) is 2. The molecule has 0 unspecified atom stereocenters. The summed E-state index contributed by atoms with van der Waals surface area (Å²) in [6.07, 6.45) is 4.00. The summed E-state index contributed by atoms with van der Waals surface area (Å²) >= 11 is 0. The van der Waals surface area contributed by atoms with Crippen LogP contribution in [-0.4, -0.2) is 55.4 Å². The fourth-order valence-corrected chi connectivity index (χ4v) is 1.93. The van der Waals surface area contributed by atoms with Crippen molar-refractivity contribution in [3.63, 3.8) is 0 Å². The van der Waals surface area contributed by atoms with Gasteiger partial charge in [0.2, 0.25) is 0 Å². The first kappa shape index (κ1) is 13.3. The van der Waals surface area contributed by atoms with Crippen molar-refractivity contribution in [1.82, 2.24) is 15.5 Å². The molecule has 16 heavy (non-hydrogen) atoms. The third kappa shape index (κ3) is 4.37. The van der Waals surface area contributed by atoms with Crippen molar-refractivity contribution in [2.45, 2.75) is 37.8 Å². The van der Waals surface area contributed by atoms with Crippen molar-refractivity contribution in [1.29, 1.82) is 0 Å². The molecule has 0 spiro atoms. The second-order valence-corrected chi connectivity index (χ2v) is 4.54. The highest BCUT2D eigenvalue weighted by atomic mass is 16.3. The Bertz CT molecular complexity index is 221. The fraction of sp³-hybridized carbons (Fsp3) is 0.909. The molecule has 1 rings (SSSR count). The quantitative estimate of drug-likeness (QED) is 0.601. The molecule has 1 aliphatic rings. The van der Waals surface area contributed by atoms with E-state index in [0.29, 0.717) is 13.1 Å². The molecule has 0 aromatic carbocycles. The molecular weight excluding hydrogens is 206 g/mol. The molecule has 5 nitrogen and oxygen atoms in total. The Labute approximate surface area is 97.2 Å². The van der Waals surface area contributed by atoms with Crippen LogP contribution in [0.2, 0.25) is 0 Å². The van der Waals surface area contributed by atoms with E-state index >= 15 is 0 Å². The maximum Gasteiger partial charge on any atom is 0.316 e. The number of hydrogen-bond acceptors (Lipinski definition) is 3. The van der Waals surface area contributed by atoms with Crippen molar-refractivity contribution < 1.29 is 9.90 Å². The molecule has 0 aromatic heterocycles. The van der Waals surface area contributed by atoms with E-state index < -0.39 is 0 Å². The van der Waals surface area contributed by atoms with Crippen LogP contribution < -0.4 is 10.6 Å². The number of carbonyl (C=O) groups is 1. The van der Waals surface area contributed by atoms with Crippen molar-refractivity contribution in [2.75, 3.05) is 27.2 Å². The lowest BCUT2D eigenvalue weighted by Gasteiger charge is -2.28. The Balaban J connectivity index is 2.08. The van der Waals surface area contributed by atoms with E-state index in [1.165, 1.54) is 11.3 Å². The fourth-order valence-electron chi connectivity index (χ4n) is 1.93. The average Bonchev–Trinajstić information content (AvgIpc) is 2.26. The van der Waals surface area contributed by atoms with Gasteiger partial charge in [-0.15, -0.1) is 0 Å². The third-order valence-corrected chi connectivity index (χ3v) is 2.94. The Kier molecular flexibility index (Phi) is 5.55. The van der Waals surface area contributed by atoms with E-state index in [0.717, 1.165) is 19.3 Å². The van der Waals surface area contributed by atoms with Crippen LogP contribution in [0.1, 0.15) is 25.7 Å². The molecule has 0 bridgehead atoms. The SMILES string of the molecule is CN(C)C(=O)NCCN[C@@H]1CCCC[C@H]1O. The Morgan fingerprint density at radius 2 is 2.00 bits per heavy atom. The summed E-state index contributed by atoms with van der Waals surface area (Å²) in [5.74, 6) is 0. The van der Waals surface area contributed by atoms with Crippen LogP contribution in [0.25, 0.3) is 0 Å². The number of aliphatic hydroxyl groups excluding tert-OH is 1. The van der Waals surface area contributed by atoms with Crippen molar-refractivity contribution in [3.8, 4) is 0 Å². The zero-order chi connectivity index (χ0) is 12.0. The summed E-state index contributed by atoms with van der Waals surface area (Å²) in [5.41, 5.74) is 0. The highest BCUT2D eigenvalue weighted by molar-refractivity contribution is 5.73. The monoisotopic (exact) mass is 229 g/mol. The molecule has 1 fully saturated rings. The van der Waals surface area contributed by atoms with Gasteiger partial charge in [0.1, 0.15) is 0 Å². The van der Waals surface area contributed by atoms with Crippen LogP contribution in [0.4, 0.5) is 4.79 Å². The van der Waals surface area contributed by atoms with Gasteiger partial charge in [-0.05, 0) is 12.8 Å². The first-order chi connectivity index (χ1) is 7.61. The van der Waals surface area contributed by atoms with Gasteiger partial charge in [-0.25, -0.2) is 4.79 Å². The molecule has 2 atom stereocenters. The van der Waals surface area contributed by atoms with Crippen molar-refractivity contribution in [3.05, 3.63) is 0 Å². The molecule has 0 heterocycles. The summed E-state index contributed by atoms with van der Waals surface area (Å²) in [6.45, 7) is 1.31. The first-order valence-electron chi connectivity index (χ1n) is 5.98. The molecule has 5 heteroatoms. The lowest BCUT2D eigenvalue weighted by Crippen LogP contribution is -2.46. The summed E-state index contributed by atoms with van der Waals surface area (Å²) < 4.78 is 0. The standard InChI is InChI=1S/C11H23N3O2/c1-14(2)11(16)13-8-7-12-9-5-3-4-6-10(9)15/h9-10,12,15H,3-8H2,1-2H3,(H,13,16)/t9-,10-/m1/s1. The number of carbonyl (C=O) groups excluding carboxylic acids is 1. The molecule has 3 N–H and O–H groups in total. The molecule has 2 amide bonds.